The number of likely N-dealkylation sites (tertiary alicyclic amines) is 1. The summed E-state index contributed by atoms with van der Waals surface area (Å²) in [6.45, 7) is 0. The largest absolute Gasteiger partial charge is 0.481 e. The molecule has 1 N–H and O–H groups in total. The summed E-state index contributed by atoms with van der Waals surface area (Å²) in [5.74, 6) is -1.89. The van der Waals surface area contributed by atoms with Gasteiger partial charge in [0.15, 0.2) is 0 Å². The van der Waals surface area contributed by atoms with Crippen LogP contribution in [0.1, 0.15) is 34.8 Å². The lowest BCUT2D eigenvalue weighted by molar-refractivity contribution is -0.141. The van der Waals surface area contributed by atoms with Gasteiger partial charge in [0.1, 0.15) is 11.9 Å². The third-order valence-electron chi connectivity index (χ3n) is 5.91. The molecule has 0 spiro atoms. The lowest BCUT2D eigenvalue weighted by Gasteiger charge is -2.29. The number of aromatic nitrogens is 1. The molecule has 1 fully saturated rings. The Hall–Kier alpha value is -3.65. The summed E-state index contributed by atoms with van der Waals surface area (Å²) in [6, 6.07) is 12.6. The van der Waals surface area contributed by atoms with Gasteiger partial charge in [-0.05, 0) is 42.7 Å². The van der Waals surface area contributed by atoms with Crippen LogP contribution in [0.4, 0.5) is 4.39 Å². The zero-order chi connectivity index (χ0) is 24.4. The molecule has 2 atom stereocenters. The van der Waals surface area contributed by atoms with Crippen molar-refractivity contribution in [1.29, 1.82) is 0 Å². The first kappa shape index (κ1) is 23.5. The van der Waals surface area contributed by atoms with Gasteiger partial charge in [-0.2, -0.15) is 4.98 Å². The van der Waals surface area contributed by atoms with Gasteiger partial charge in [0, 0.05) is 27.8 Å². The molecule has 3 aromatic rings. The second kappa shape index (κ2) is 9.69. The van der Waals surface area contributed by atoms with Gasteiger partial charge in [-0.3, -0.25) is 4.79 Å². The number of rotatable bonds is 6. The van der Waals surface area contributed by atoms with E-state index >= 15 is 4.39 Å². The third kappa shape index (κ3) is 4.28. The molecule has 2 aromatic carbocycles. The van der Waals surface area contributed by atoms with Crippen molar-refractivity contribution in [1.82, 2.24) is 9.88 Å². The Morgan fingerprint density at radius 2 is 1.79 bits per heavy atom. The summed E-state index contributed by atoms with van der Waals surface area (Å²) in [7, 11) is 2.87. The van der Waals surface area contributed by atoms with E-state index in [-0.39, 0.29) is 23.4 Å². The highest BCUT2D eigenvalue weighted by molar-refractivity contribution is 6.31. The van der Waals surface area contributed by atoms with Gasteiger partial charge in [-0.25, -0.2) is 9.18 Å². The number of hydrogen-bond donors (Lipinski definition) is 1. The van der Waals surface area contributed by atoms with E-state index in [4.69, 9.17) is 21.1 Å². The van der Waals surface area contributed by atoms with Crippen molar-refractivity contribution in [3.8, 4) is 22.9 Å². The van der Waals surface area contributed by atoms with Crippen LogP contribution in [0, 0.1) is 5.82 Å². The number of halogens is 2. The number of amides is 1. The smallest absolute Gasteiger partial charge is 0.326 e. The molecular formula is C25H22ClFN2O5. The van der Waals surface area contributed by atoms with Crippen molar-refractivity contribution < 1.29 is 28.6 Å². The van der Waals surface area contributed by atoms with Crippen molar-refractivity contribution in [2.45, 2.75) is 24.9 Å². The van der Waals surface area contributed by atoms with Gasteiger partial charge >= 0.3 is 5.97 Å². The number of carboxylic acid groups (broad SMARTS) is 1. The fraction of sp³-hybridized carbons (Fsp3) is 0.240. The predicted molar refractivity (Wildman–Crippen MR) is 124 cm³/mol. The Kier molecular flexibility index (Phi) is 6.70. The van der Waals surface area contributed by atoms with Crippen LogP contribution in [0.15, 0.2) is 54.6 Å². The van der Waals surface area contributed by atoms with Crippen LogP contribution in [0.2, 0.25) is 5.02 Å². The summed E-state index contributed by atoms with van der Waals surface area (Å²) >= 11 is 6.34. The molecule has 2 heterocycles. The molecule has 9 heteroatoms. The van der Waals surface area contributed by atoms with E-state index in [0.29, 0.717) is 28.5 Å². The lowest BCUT2D eigenvalue weighted by atomic mass is 10.0. The highest BCUT2D eigenvalue weighted by Gasteiger charge is 2.42. The van der Waals surface area contributed by atoms with Gasteiger partial charge in [-0.15, -0.1) is 0 Å². The maximum atomic E-state index is 15.2. The van der Waals surface area contributed by atoms with E-state index in [2.05, 4.69) is 4.98 Å². The van der Waals surface area contributed by atoms with Gasteiger partial charge in [0.05, 0.1) is 20.3 Å². The van der Waals surface area contributed by atoms with Gasteiger partial charge in [0.25, 0.3) is 5.91 Å². The average Bonchev–Trinajstić information content (AvgIpc) is 3.28. The monoisotopic (exact) mass is 484 g/mol. The number of carboxylic acids is 1. The minimum atomic E-state index is -1.12. The molecule has 7 nitrogen and oxygen atoms in total. The van der Waals surface area contributed by atoms with Crippen LogP contribution in [-0.4, -0.2) is 47.1 Å². The van der Waals surface area contributed by atoms with Crippen molar-refractivity contribution in [2.24, 2.45) is 0 Å². The Labute approximate surface area is 200 Å². The Bertz CT molecular complexity index is 1250. The fourth-order valence-corrected chi connectivity index (χ4v) is 4.56. The molecule has 0 radical (unpaired) electrons. The number of aliphatic carboxylic acids is 1. The highest BCUT2D eigenvalue weighted by Crippen LogP contribution is 2.40. The second-order valence-corrected chi connectivity index (χ2v) is 8.19. The van der Waals surface area contributed by atoms with Crippen molar-refractivity contribution in [3.63, 3.8) is 0 Å². The quantitative estimate of drug-likeness (QED) is 0.530. The maximum absolute atomic E-state index is 15.2. The van der Waals surface area contributed by atoms with Crippen LogP contribution in [0.5, 0.6) is 11.8 Å². The van der Waals surface area contributed by atoms with Crippen LogP contribution >= 0.6 is 11.6 Å². The van der Waals surface area contributed by atoms with Gasteiger partial charge < -0.3 is 19.5 Å². The van der Waals surface area contributed by atoms with Gasteiger partial charge in [-0.1, -0.05) is 35.9 Å². The molecule has 176 valence electrons. The summed E-state index contributed by atoms with van der Waals surface area (Å²) in [6.07, 6.45) is 0.702. The summed E-state index contributed by atoms with van der Waals surface area (Å²) < 4.78 is 25.5. The van der Waals surface area contributed by atoms with E-state index in [1.807, 2.05) is 0 Å². The zero-order valence-electron chi connectivity index (χ0n) is 18.5. The summed E-state index contributed by atoms with van der Waals surface area (Å²) in [5, 5.41) is 10.2. The molecule has 1 aliphatic rings. The number of carbonyl (C=O) groups excluding carboxylic acids is 1. The zero-order valence-corrected chi connectivity index (χ0v) is 19.3. The number of carbonyl (C=O) groups is 2. The SMILES string of the molecule is COc1ccc(-c2ccc(C(=O)N3[C@@H](c4ccccc4Cl)CC[C@H]3C(=O)O)cc2F)c(OC)n1. The van der Waals surface area contributed by atoms with E-state index < -0.39 is 29.8 Å². The number of methoxy groups -OCH3 is 2. The molecule has 1 amide bonds. The molecular weight excluding hydrogens is 463 g/mol. The van der Waals surface area contributed by atoms with E-state index in [0.717, 1.165) is 6.07 Å². The standard InChI is InChI=1S/C25H22ClFN2O5/c1-33-22-12-9-16(23(28-22)34-2)15-8-7-14(13-19(15)27)24(30)29-20(10-11-21(29)25(31)32)17-5-3-4-6-18(17)26/h3-9,12-13,20-21H,10-11H2,1-2H3,(H,31,32)/t20-,21+/m1/s1. The summed E-state index contributed by atoms with van der Waals surface area (Å²) in [5.41, 5.74) is 1.26. The number of pyridine rings is 1. The number of benzene rings is 2. The van der Waals surface area contributed by atoms with Crippen molar-refractivity contribution in [2.75, 3.05) is 14.2 Å². The highest BCUT2D eigenvalue weighted by atomic mass is 35.5. The Balaban J connectivity index is 1.71. The Morgan fingerprint density at radius 3 is 2.44 bits per heavy atom. The number of nitrogens with zero attached hydrogens (tertiary/aromatic N) is 2. The van der Waals surface area contributed by atoms with Crippen LogP contribution in [-0.2, 0) is 4.79 Å². The molecule has 0 saturated carbocycles. The summed E-state index contributed by atoms with van der Waals surface area (Å²) in [4.78, 5) is 30.8. The molecule has 0 bridgehead atoms. The lowest BCUT2D eigenvalue weighted by Crippen LogP contribution is -2.42. The number of hydrogen-bond acceptors (Lipinski definition) is 5. The van der Waals surface area contributed by atoms with Crippen molar-refractivity contribution in [3.05, 3.63) is 76.6 Å². The number of ether oxygens (including phenoxy) is 2. The molecule has 1 aliphatic heterocycles. The molecule has 1 aromatic heterocycles. The van der Waals surface area contributed by atoms with E-state index in [1.165, 1.54) is 31.3 Å². The normalized spacial score (nSPS) is 17.5. The third-order valence-corrected chi connectivity index (χ3v) is 6.26. The maximum Gasteiger partial charge on any atom is 0.326 e. The molecule has 4 rings (SSSR count). The fourth-order valence-electron chi connectivity index (χ4n) is 4.30. The van der Waals surface area contributed by atoms with E-state index in [1.54, 1.807) is 36.4 Å². The Morgan fingerprint density at radius 1 is 1.06 bits per heavy atom. The first-order valence-electron chi connectivity index (χ1n) is 10.5. The average molecular weight is 485 g/mol. The topological polar surface area (TPSA) is 89.0 Å². The molecule has 1 saturated heterocycles. The van der Waals surface area contributed by atoms with Crippen LogP contribution in [0.25, 0.3) is 11.1 Å². The molecule has 34 heavy (non-hydrogen) atoms. The van der Waals surface area contributed by atoms with Crippen LogP contribution < -0.4 is 9.47 Å². The molecule has 0 unspecified atom stereocenters. The minimum Gasteiger partial charge on any atom is -0.481 e. The van der Waals surface area contributed by atoms with E-state index in [9.17, 15) is 14.7 Å². The molecule has 0 aliphatic carbocycles. The van der Waals surface area contributed by atoms with Crippen LogP contribution in [0.3, 0.4) is 0 Å². The second-order valence-electron chi connectivity index (χ2n) is 7.79. The first-order chi connectivity index (χ1) is 16.3. The van der Waals surface area contributed by atoms with Gasteiger partial charge in [0.2, 0.25) is 11.8 Å². The predicted octanol–water partition coefficient (Wildman–Crippen LogP) is 4.99. The minimum absolute atomic E-state index is 0.0342. The first-order valence-corrected chi connectivity index (χ1v) is 10.9. The van der Waals surface area contributed by atoms with Crippen molar-refractivity contribution >= 4 is 23.5 Å².